The van der Waals surface area contributed by atoms with Gasteiger partial charge >= 0.3 is 5.97 Å². The quantitative estimate of drug-likeness (QED) is 0.606. The number of carboxylic acids is 1. The van der Waals surface area contributed by atoms with Gasteiger partial charge < -0.3 is 19.3 Å². The maximum absolute atomic E-state index is 11.1. The smallest absolute Gasteiger partial charge is 0.321 e. The van der Waals surface area contributed by atoms with Crippen LogP contribution < -0.4 is 19.5 Å². The molecule has 0 radical (unpaired) electrons. The molecule has 0 spiro atoms. The van der Waals surface area contributed by atoms with Crippen molar-refractivity contribution in [3.63, 3.8) is 0 Å². The second-order valence-corrected chi connectivity index (χ2v) is 9.29. The molecule has 2 atom stereocenters. The third-order valence-electron chi connectivity index (χ3n) is 4.85. The average Bonchev–Trinajstić information content (AvgIpc) is 3.21. The number of nitrogens with one attached hydrogen (secondary N) is 1. The lowest BCUT2D eigenvalue weighted by Crippen LogP contribution is -2.33. The number of hydrogen-bond donors (Lipinski definition) is 2. The molecule has 0 amide bonds. The molecule has 1 heterocycles. The summed E-state index contributed by atoms with van der Waals surface area (Å²) in [5, 5.41) is 12.2. The summed E-state index contributed by atoms with van der Waals surface area (Å²) in [7, 11) is 1.66. The van der Waals surface area contributed by atoms with Crippen LogP contribution in [0.25, 0.3) is 0 Å². The summed E-state index contributed by atoms with van der Waals surface area (Å²) in [4.78, 5) is 11.1. The van der Waals surface area contributed by atoms with E-state index in [2.05, 4.69) is 26.1 Å². The topological polar surface area (TPSA) is 77.0 Å². The van der Waals surface area contributed by atoms with Gasteiger partial charge in [0.25, 0.3) is 0 Å². The highest BCUT2D eigenvalue weighted by molar-refractivity contribution is 7.99. The first-order valence-electron chi connectivity index (χ1n) is 9.92. The minimum absolute atomic E-state index is 0.0421. The number of carbonyl (C=O) groups is 1. The van der Waals surface area contributed by atoms with Crippen LogP contribution in [0.3, 0.4) is 0 Å². The van der Waals surface area contributed by atoms with Crippen molar-refractivity contribution in [1.82, 2.24) is 5.32 Å². The zero-order valence-electron chi connectivity index (χ0n) is 17.8. The highest BCUT2D eigenvalue weighted by Crippen LogP contribution is 2.35. The number of thioether (sulfide) groups is 1. The Morgan fingerprint density at radius 1 is 1.13 bits per heavy atom. The molecule has 162 valence electrons. The molecule has 0 bridgehead atoms. The van der Waals surface area contributed by atoms with Crippen molar-refractivity contribution in [3.8, 4) is 17.2 Å². The molecule has 1 aliphatic rings. The Morgan fingerprint density at radius 2 is 1.90 bits per heavy atom. The van der Waals surface area contributed by atoms with E-state index in [1.165, 1.54) is 0 Å². The molecule has 0 aromatic heterocycles. The van der Waals surface area contributed by atoms with Crippen molar-refractivity contribution in [2.45, 2.75) is 37.6 Å². The highest BCUT2D eigenvalue weighted by Gasteiger charge is 2.30. The van der Waals surface area contributed by atoms with Gasteiger partial charge in [0.2, 0.25) is 0 Å². The van der Waals surface area contributed by atoms with E-state index in [0.717, 1.165) is 28.4 Å². The summed E-state index contributed by atoms with van der Waals surface area (Å²) in [6, 6.07) is 13.1. The fourth-order valence-corrected chi connectivity index (χ4v) is 4.46. The van der Waals surface area contributed by atoms with Gasteiger partial charge in [-0.15, -0.1) is 11.8 Å². The maximum atomic E-state index is 11.1. The molecule has 3 rings (SSSR count). The molecule has 2 N–H and O–H groups in total. The molecule has 2 unspecified atom stereocenters. The molecule has 2 aromatic rings. The zero-order chi connectivity index (χ0) is 21.7. The van der Waals surface area contributed by atoms with Gasteiger partial charge in [-0.2, -0.15) is 0 Å². The normalized spacial score (nSPS) is 18.8. The second kappa shape index (κ2) is 9.62. The fourth-order valence-electron chi connectivity index (χ4n) is 3.23. The largest absolute Gasteiger partial charge is 0.497 e. The fraction of sp³-hybridized carbons (Fsp3) is 0.435. The Kier molecular flexibility index (Phi) is 7.15. The van der Waals surface area contributed by atoms with E-state index in [4.69, 9.17) is 19.3 Å². The van der Waals surface area contributed by atoms with Crippen LogP contribution in [0.1, 0.15) is 37.3 Å². The first-order valence-corrected chi connectivity index (χ1v) is 11.0. The monoisotopic (exact) mass is 431 g/mol. The minimum atomic E-state index is -0.817. The minimum Gasteiger partial charge on any atom is -0.497 e. The molecular weight excluding hydrogens is 402 g/mol. The van der Waals surface area contributed by atoms with E-state index in [9.17, 15) is 4.79 Å². The lowest BCUT2D eigenvalue weighted by Gasteiger charge is -2.23. The lowest BCUT2D eigenvalue weighted by molar-refractivity contribution is -0.138. The Hall–Kier alpha value is -2.38. The zero-order valence-corrected chi connectivity index (χ0v) is 18.6. The molecule has 0 aliphatic carbocycles. The molecule has 1 saturated heterocycles. The Balaban J connectivity index is 1.56. The third kappa shape index (κ3) is 5.61. The molecule has 2 aromatic carbocycles. The molecule has 1 fully saturated rings. The summed E-state index contributed by atoms with van der Waals surface area (Å²) in [6.07, 6.45) is 0. The molecule has 1 aliphatic heterocycles. The van der Waals surface area contributed by atoms with Gasteiger partial charge in [-0.05, 0) is 41.3 Å². The van der Waals surface area contributed by atoms with E-state index >= 15 is 0 Å². The van der Waals surface area contributed by atoms with Gasteiger partial charge in [-0.3, -0.25) is 10.1 Å². The second-order valence-electron chi connectivity index (χ2n) is 8.15. The van der Waals surface area contributed by atoms with E-state index in [1.54, 1.807) is 18.9 Å². The predicted octanol–water partition coefficient (Wildman–Crippen LogP) is 4.24. The number of benzene rings is 2. The van der Waals surface area contributed by atoms with Gasteiger partial charge in [0.1, 0.15) is 36.5 Å². The van der Waals surface area contributed by atoms with Crippen LogP contribution in [0, 0.1) is 0 Å². The van der Waals surface area contributed by atoms with E-state index in [1.807, 2.05) is 42.5 Å². The van der Waals surface area contributed by atoms with Crippen molar-refractivity contribution in [3.05, 3.63) is 53.6 Å². The van der Waals surface area contributed by atoms with Gasteiger partial charge in [0.15, 0.2) is 0 Å². The number of aliphatic carboxylic acids is 1. The van der Waals surface area contributed by atoms with Crippen molar-refractivity contribution in [2.24, 2.45) is 0 Å². The molecule has 0 saturated carbocycles. The van der Waals surface area contributed by atoms with Crippen LogP contribution in [-0.4, -0.2) is 43.2 Å². The van der Waals surface area contributed by atoms with E-state index in [-0.39, 0.29) is 10.8 Å². The number of ether oxygens (including phenoxy) is 3. The number of methoxy groups -OCH3 is 1. The number of hydrogen-bond acceptors (Lipinski definition) is 6. The summed E-state index contributed by atoms with van der Waals surface area (Å²) in [5.41, 5.74) is 2.02. The Bertz CT molecular complexity index is 880. The van der Waals surface area contributed by atoms with Crippen molar-refractivity contribution < 1.29 is 24.1 Å². The van der Waals surface area contributed by atoms with E-state index in [0.29, 0.717) is 19.0 Å². The molecular formula is C23H29NO5S. The third-order valence-corrected chi connectivity index (χ3v) is 6.11. The van der Waals surface area contributed by atoms with Gasteiger partial charge in [0.05, 0.1) is 12.5 Å². The lowest BCUT2D eigenvalue weighted by atomic mass is 9.86. The van der Waals surface area contributed by atoms with Crippen LogP contribution >= 0.6 is 11.8 Å². The van der Waals surface area contributed by atoms with Gasteiger partial charge in [0, 0.05) is 11.3 Å². The number of carboxylic acid groups (broad SMARTS) is 1. The Morgan fingerprint density at radius 3 is 2.57 bits per heavy atom. The number of rotatable bonds is 8. The van der Waals surface area contributed by atoms with Crippen LogP contribution in [0.4, 0.5) is 0 Å². The standard InChI is InChI=1S/C23H29NO5S/c1-23(2,3)18-13-16(27-4)8-9-20(18)29-11-10-28-17-7-5-6-15(12-17)21-24-19(14-30-21)22(25)26/h5-9,12-13,19,21,24H,10-11,14H2,1-4H3,(H,25,26). The summed E-state index contributed by atoms with van der Waals surface area (Å²) >= 11 is 1.59. The first kappa shape index (κ1) is 22.3. The first-order chi connectivity index (χ1) is 14.3. The van der Waals surface area contributed by atoms with Crippen LogP contribution in [0.5, 0.6) is 17.2 Å². The van der Waals surface area contributed by atoms with Crippen LogP contribution in [0.15, 0.2) is 42.5 Å². The van der Waals surface area contributed by atoms with Crippen molar-refractivity contribution in [2.75, 3.05) is 26.1 Å². The molecule has 6 nitrogen and oxygen atoms in total. The Labute approximate surface area is 181 Å². The summed E-state index contributed by atoms with van der Waals surface area (Å²) in [6.45, 7) is 7.24. The average molecular weight is 432 g/mol. The summed E-state index contributed by atoms with van der Waals surface area (Å²) in [5.74, 6) is 2.11. The maximum Gasteiger partial charge on any atom is 0.321 e. The molecule has 30 heavy (non-hydrogen) atoms. The van der Waals surface area contributed by atoms with Crippen LogP contribution in [-0.2, 0) is 10.2 Å². The summed E-state index contributed by atoms with van der Waals surface area (Å²) < 4.78 is 17.2. The van der Waals surface area contributed by atoms with Gasteiger partial charge in [-0.25, -0.2) is 0 Å². The van der Waals surface area contributed by atoms with Crippen molar-refractivity contribution >= 4 is 17.7 Å². The van der Waals surface area contributed by atoms with Gasteiger partial charge in [-0.1, -0.05) is 32.9 Å². The molecule has 7 heteroatoms. The highest BCUT2D eigenvalue weighted by atomic mass is 32.2. The SMILES string of the molecule is COc1ccc(OCCOc2cccc(C3NC(C(=O)O)CS3)c2)c(C(C)(C)C)c1. The van der Waals surface area contributed by atoms with E-state index < -0.39 is 12.0 Å². The van der Waals surface area contributed by atoms with Crippen LogP contribution in [0.2, 0.25) is 0 Å². The van der Waals surface area contributed by atoms with Crippen molar-refractivity contribution in [1.29, 1.82) is 0 Å². The predicted molar refractivity (Wildman–Crippen MR) is 119 cm³/mol.